The normalized spacial score (nSPS) is 19.9. The summed E-state index contributed by atoms with van der Waals surface area (Å²) in [7, 11) is 2.02. The summed E-state index contributed by atoms with van der Waals surface area (Å²) < 4.78 is 2.04. The fraction of sp³-hybridized carbons (Fsp3) is 0.667. The molecule has 1 aliphatic rings. The van der Waals surface area contributed by atoms with Crippen LogP contribution in [0.3, 0.4) is 0 Å². The topological polar surface area (TPSA) is 37.2 Å². The van der Waals surface area contributed by atoms with Gasteiger partial charge in [0.1, 0.15) is 0 Å². The minimum Gasteiger partial charge on any atom is -0.389 e. The van der Waals surface area contributed by atoms with Gasteiger partial charge in [0.2, 0.25) is 0 Å². The largest absolute Gasteiger partial charge is 0.389 e. The van der Waals surface area contributed by atoms with Gasteiger partial charge in [0.25, 0.3) is 0 Å². The Morgan fingerprint density at radius 1 is 1.50 bits per heavy atom. The lowest BCUT2D eigenvalue weighted by molar-refractivity contribution is 0.0320. The molecule has 90 valence electrons. The van der Waals surface area contributed by atoms with Crippen molar-refractivity contribution in [2.24, 2.45) is 7.05 Å². The Bertz CT molecular complexity index is 332. The Morgan fingerprint density at radius 2 is 2.25 bits per heavy atom. The highest BCUT2D eigenvalue weighted by Gasteiger charge is 2.28. The molecule has 0 amide bonds. The Balaban J connectivity index is 1.74. The third-order valence-corrected chi connectivity index (χ3v) is 4.09. The van der Waals surface area contributed by atoms with Crippen molar-refractivity contribution in [2.45, 2.75) is 25.0 Å². The monoisotopic (exact) mass is 240 g/mol. The molecular formula is C12H20N2OS. The first-order valence-electron chi connectivity index (χ1n) is 5.80. The van der Waals surface area contributed by atoms with Crippen LogP contribution >= 0.6 is 11.8 Å². The molecule has 0 aromatic carbocycles. The van der Waals surface area contributed by atoms with Crippen LogP contribution in [0.15, 0.2) is 18.5 Å². The number of aryl methyl sites for hydroxylation is 1. The fourth-order valence-electron chi connectivity index (χ4n) is 2.03. The first-order valence-corrected chi connectivity index (χ1v) is 6.95. The van der Waals surface area contributed by atoms with E-state index in [4.69, 9.17) is 0 Å². The molecule has 3 nitrogen and oxygen atoms in total. The molecule has 0 spiro atoms. The molecule has 2 heterocycles. The number of nitrogens with one attached hydrogen (secondary N) is 1. The Morgan fingerprint density at radius 3 is 2.88 bits per heavy atom. The van der Waals surface area contributed by atoms with Crippen molar-refractivity contribution in [2.75, 3.05) is 18.1 Å². The van der Waals surface area contributed by atoms with Gasteiger partial charge in [-0.1, -0.05) is 0 Å². The average molecular weight is 240 g/mol. The zero-order valence-corrected chi connectivity index (χ0v) is 10.6. The molecule has 2 rings (SSSR count). The molecule has 0 aliphatic carbocycles. The lowest BCUT2D eigenvalue weighted by atomic mass is 9.97. The quantitative estimate of drug-likeness (QED) is 0.835. The highest BCUT2D eigenvalue weighted by molar-refractivity contribution is 7.99. The van der Waals surface area contributed by atoms with E-state index in [1.165, 1.54) is 5.56 Å². The number of hydrogen-bond acceptors (Lipinski definition) is 3. The van der Waals surface area contributed by atoms with E-state index in [0.717, 1.165) is 30.9 Å². The van der Waals surface area contributed by atoms with Crippen LogP contribution in [0, 0.1) is 0 Å². The molecule has 2 N–H and O–H groups in total. The molecule has 1 fully saturated rings. The van der Waals surface area contributed by atoms with Gasteiger partial charge in [-0.25, -0.2) is 0 Å². The van der Waals surface area contributed by atoms with Crippen LogP contribution in [-0.4, -0.2) is 33.3 Å². The molecule has 1 aromatic heterocycles. The van der Waals surface area contributed by atoms with Crippen LogP contribution in [0.5, 0.6) is 0 Å². The molecule has 0 saturated carbocycles. The summed E-state index contributed by atoms with van der Waals surface area (Å²) in [5, 5.41) is 13.6. The number of nitrogens with zero attached hydrogens (tertiary/aromatic N) is 1. The highest BCUT2D eigenvalue weighted by atomic mass is 32.2. The van der Waals surface area contributed by atoms with Gasteiger partial charge in [-0.3, -0.25) is 0 Å². The maximum atomic E-state index is 10.3. The SMILES string of the molecule is Cn1ccc(CNCC2(O)CCSCC2)c1. The molecule has 16 heavy (non-hydrogen) atoms. The summed E-state index contributed by atoms with van der Waals surface area (Å²) in [6, 6.07) is 2.10. The highest BCUT2D eigenvalue weighted by Crippen LogP contribution is 2.26. The van der Waals surface area contributed by atoms with Gasteiger partial charge in [-0.15, -0.1) is 0 Å². The van der Waals surface area contributed by atoms with E-state index in [9.17, 15) is 5.11 Å². The van der Waals surface area contributed by atoms with Crippen molar-refractivity contribution in [3.63, 3.8) is 0 Å². The maximum absolute atomic E-state index is 10.3. The molecule has 1 aliphatic heterocycles. The average Bonchev–Trinajstić information content (AvgIpc) is 2.65. The van der Waals surface area contributed by atoms with Crippen LogP contribution in [0.2, 0.25) is 0 Å². The lowest BCUT2D eigenvalue weighted by Crippen LogP contribution is -2.43. The second kappa shape index (κ2) is 5.25. The van der Waals surface area contributed by atoms with Crippen molar-refractivity contribution < 1.29 is 5.11 Å². The third kappa shape index (κ3) is 3.27. The number of hydrogen-bond donors (Lipinski definition) is 2. The summed E-state index contributed by atoms with van der Waals surface area (Å²) in [6.07, 6.45) is 5.98. The molecule has 1 aromatic rings. The summed E-state index contributed by atoms with van der Waals surface area (Å²) >= 11 is 1.94. The van der Waals surface area contributed by atoms with Gasteiger partial charge in [0, 0.05) is 32.5 Å². The minimum absolute atomic E-state index is 0.472. The lowest BCUT2D eigenvalue weighted by Gasteiger charge is -2.31. The smallest absolute Gasteiger partial charge is 0.0787 e. The maximum Gasteiger partial charge on any atom is 0.0787 e. The van der Waals surface area contributed by atoms with E-state index in [0.29, 0.717) is 6.54 Å². The second-order valence-corrected chi connectivity index (χ2v) is 5.85. The first-order chi connectivity index (χ1) is 7.68. The van der Waals surface area contributed by atoms with Crippen molar-refractivity contribution in [3.8, 4) is 0 Å². The number of aromatic nitrogens is 1. The first kappa shape index (κ1) is 12.0. The Labute approximate surface area is 101 Å². The summed E-state index contributed by atoms with van der Waals surface area (Å²) in [6.45, 7) is 1.55. The van der Waals surface area contributed by atoms with Gasteiger partial charge >= 0.3 is 0 Å². The van der Waals surface area contributed by atoms with Crippen LogP contribution in [0.25, 0.3) is 0 Å². The Hall–Kier alpha value is -0.450. The molecule has 0 bridgehead atoms. The molecule has 0 radical (unpaired) electrons. The van der Waals surface area contributed by atoms with Gasteiger partial charge in [-0.05, 0) is 36.0 Å². The molecule has 0 unspecified atom stereocenters. The number of rotatable bonds is 4. The van der Waals surface area contributed by atoms with E-state index < -0.39 is 5.60 Å². The summed E-state index contributed by atoms with van der Waals surface area (Å²) in [4.78, 5) is 0. The van der Waals surface area contributed by atoms with Gasteiger partial charge < -0.3 is 15.0 Å². The zero-order chi connectivity index (χ0) is 11.4. The van der Waals surface area contributed by atoms with Crippen molar-refractivity contribution in [1.29, 1.82) is 0 Å². The van der Waals surface area contributed by atoms with Gasteiger partial charge in [0.05, 0.1) is 5.60 Å². The van der Waals surface area contributed by atoms with Crippen LogP contribution in [-0.2, 0) is 13.6 Å². The predicted octanol–water partition coefficient (Wildman–Crippen LogP) is 1.37. The standard InChI is InChI=1S/C12H20N2OS/c1-14-5-2-11(9-14)8-13-10-12(15)3-6-16-7-4-12/h2,5,9,13,15H,3-4,6-8,10H2,1H3. The van der Waals surface area contributed by atoms with Crippen molar-refractivity contribution in [1.82, 2.24) is 9.88 Å². The summed E-state index contributed by atoms with van der Waals surface area (Å²) in [5.41, 5.74) is 0.802. The number of thioether (sulfide) groups is 1. The van der Waals surface area contributed by atoms with Crippen LogP contribution in [0.4, 0.5) is 0 Å². The van der Waals surface area contributed by atoms with Crippen LogP contribution in [0.1, 0.15) is 18.4 Å². The third-order valence-electron chi connectivity index (χ3n) is 3.10. The minimum atomic E-state index is -0.472. The van der Waals surface area contributed by atoms with Crippen molar-refractivity contribution in [3.05, 3.63) is 24.0 Å². The van der Waals surface area contributed by atoms with E-state index in [1.54, 1.807) is 0 Å². The van der Waals surface area contributed by atoms with E-state index in [-0.39, 0.29) is 0 Å². The van der Waals surface area contributed by atoms with E-state index >= 15 is 0 Å². The van der Waals surface area contributed by atoms with E-state index in [2.05, 4.69) is 17.6 Å². The van der Waals surface area contributed by atoms with Gasteiger partial charge in [-0.2, -0.15) is 11.8 Å². The molecule has 0 atom stereocenters. The van der Waals surface area contributed by atoms with E-state index in [1.807, 2.05) is 29.6 Å². The Kier molecular flexibility index (Phi) is 3.95. The van der Waals surface area contributed by atoms with Crippen molar-refractivity contribution >= 4 is 11.8 Å². The predicted molar refractivity (Wildman–Crippen MR) is 68.6 cm³/mol. The molecular weight excluding hydrogens is 220 g/mol. The summed E-state index contributed by atoms with van der Waals surface area (Å²) in [5.74, 6) is 2.17. The molecule has 4 heteroatoms. The van der Waals surface area contributed by atoms with Gasteiger partial charge in [0.15, 0.2) is 0 Å². The van der Waals surface area contributed by atoms with Crippen LogP contribution < -0.4 is 5.32 Å². The molecule has 1 saturated heterocycles. The zero-order valence-electron chi connectivity index (χ0n) is 9.78. The number of aliphatic hydroxyl groups is 1. The fourth-order valence-corrected chi connectivity index (χ4v) is 3.29. The second-order valence-electron chi connectivity index (χ2n) is 4.63.